The first-order valence-corrected chi connectivity index (χ1v) is 7.63. The summed E-state index contributed by atoms with van der Waals surface area (Å²) < 4.78 is 5.63. The quantitative estimate of drug-likeness (QED) is 0.853. The molecule has 0 unspecified atom stereocenters. The summed E-state index contributed by atoms with van der Waals surface area (Å²) in [4.78, 5) is 13.8. The summed E-state index contributed by atoms with van der Waals surface area (Å²) in [6.45, 7) is 0. The molecule has 0 amide bonds. The lowest BCUT2D eigenvalue weighted by Crippen LogP contribution is -2.29. The molecule has 2 aromatic rings. The van der Waals surface area contributed by atoms with Crippen LogP contribution >= 0.6 is 11.8 Å². The number of fused-ring (bicyclic) bond motifs is 1. The molecule has 1 aliphatic heterocycles. The Morgan fingerprint density at radius 2 is 1.80 bits per heavy atom. The Balaban J connectivity index is 1.93. The van der Waals surface area contributed by atoms with Gasteiger partial charge in [-0.1, -0.05) is 48.5 Å². The molecule has 0 N–H and O–H groups in total. The predicted molar refractivity (Wildman–Crippen MR) is 81.2 cm³/mol. The summed E-state index contributed by atoms with van der Waals surface area (Å²) in [6, 6.07) is 17.8. The molecule has 102 valence electrons. The maximum atomic E-state index is 12.7. The molecule has 0 aromatic heterocycles. The van der Waals surface area contributed by atoms with E-state index in [1.54, 1.807) is 18.9 Å². The van der Waals surface area contributed by atoms with Crippen molar-refractivity contribution in [1.82, 2.24) is 0 Å². The summed E-state index contributed by atoms with van der Waals surface area (Å²) in [7, 11) is 1.68. The average molecular weight is 284 g/mol. The predicted octanol–water partition coefficient (Wildman–Crippen LogP) is 3.98. The number of ether oxygens (including phenoxy) is 1. The van der Waals surface area contributed by atoms with Gasteiger partial charge in [0.05, 0.1) is 12.0 Å². The minimum Gasteiger partial charge on any atom is -0.376 e. The van der Waals surface area contributed by atoms with E-state index in [-0.39, 0.29) is 17.8 Å². The van der Waals surface area contributed by atoms with Crippen LogP contribution in [0.5, 0.6) is 0 Å². The smallest absolute Gasteiger partial charge is 0.170 e. The van der Waals surface area contributed by atoms with Crippen molar-refractivity contribution >= 4 is 17.5 Å². The van der Waals surface area contributed by atoms with Crippen molar-refractivity contribution in [1.29, 1.82) is 0 Å². The largest absolute Gasteiger partial charge is 0.376 e. The Hall–Kier alpha value is -1.58. The molecule has 2 nitrogen and oxygen atoms in total. The zero-order valence-electron chi connectivity index (χ0n) is 11.3. The molecule has 0 radical (unpaired) electrons. The third kappa shape index (κ3) is 2.39. The number of rotatable bonds is 3. The number of methoxy groups -OCH3 is 1. The van der Waals surface area contributed by atoms with Crippen LogP contribution in [0.3, 0.4) is 0 Å². The first-order valence-electron chi connectivity index (χ1n) is 6.65. The van der Waals surface area contributed by atoms with E-state index in [9.17, 15) is 4.79 Å². The van der Waals surface area contributed by atoms with Crippen LogP contribution in [0.4, 0.5) is 0 Å². The van der Waals surface area contributed by atoms with Gasteiger partial charge in [0.2, 0.25) is 0 Å². The molecule has 3 heteroatoms. The standard InChI is InChI=1S/C17H16O2S/c1-19-17(12-7-3-2-4-8-12)14-11-20-15-10-6-5-9-13(15)16(14)18/h2-10,14,17H,11H2,1H3/t14-,17+/m0/s1. The monoisotopic (exact) mass is 284 g/mol. The molecule has 2 aromatic carbocycles. The van der Waals surface area contributed by atoms with Crippen LogP contribution in [-0.2, 0) is 4.74 Å². The number of thioether (sulfide) groups is 1. The number of carbonyl (C=O) groups is 1. The number of ketones is 1. The van der Waals surface area contributed by atoms with E-state index in [4.69, 9.17) is 4.74 Å². The fourth-order valence-electron chi connectivity index (χ4n) is 2.65. The van der Waals surface area contributed by atoms with E-state index in [0.717, 1.165) is 21.8 Å². The molecule has 0 aliphatic carbocycles. The first kappa shape index (κ1) is 13.4. The van der Waals surface area contributed by atoms with Crippen molar-refractivity contribution in [2.75, 3.05) is 12.9 Å². The van der Waals surface area contributed by atoms with Gasteiger partial charge in [-0.3, -0.25) is 4.79 Å². The Bertz CT molecular complexity index is 609. The topological polar surface area (TPSA) is 26.3 Å². The molecular weight excluding hydrogens is 268 g/mol. The third-order valence-electron chi connectivity index (χ3n) is 3.66. The Morgan fingerprint density at radius 1 is 1.10 bits per heavy atom. The molecule has 1 heterocycles. The number of hydrogen-bond acceptors (Lipinski definition) is 3. The van der Waals surface area contributed by atoms with Gasteiger partial charge >= 0.3 is 0 Å². The lowest BCUT2D eigenvalue weighted by atomic mass is 9.89. The van der Waals surface area contributed by atoms with Crippen molar-refractivity contribution < 1.29 is 9.53 Å². The zero-order chi connectivity index (χ0) is 13.9. The second-order valence-corrected chi connectivity index (χ2v) is 5.91. The second-order valence-electron chi connectivity index (χ2n) is 4.84. The minimum absolute atomic E-state index is 0.123. The highest BCUT2D eigenvalue weighted by molar-refractivity contribution is 7.99. The fourth-order valence-corrected chi connectivity index (χ4v) is 3.84. The number of benzene rings is 2. The normalized spacial score (nSPS) is 19.4. The summed E-state index contributed by atoms with van der Waals surface area (Å²) in [5.74, 6) is 0.834. The highest BCUT2D eigenvalue weighted by Gasteiger charge is 2.34. The highest BCUT2D eigenvalue weighted by Crippen LogP contribution is 2.39. The van der Waals surface area contributed by atoms with Crippen LogP contribution < -0.4 is 0 Å². The molecule has 0 spiro atoms. The van der Waals surface area contributed by atoms with Crippen molar-refractivity contribution in [2.24, 2.45) is 5.92 Å². The molecule has 0 bridgehead atoms. The van der Waals surface area contributed by atoms with Gasteiger partial charge in [0, 0.05) is 23.3 Å². The van der Waals surface area contributed by atoms with Crippen LogP contribution in [0.2, 0.25) is 0 Å². The van der Waals surface area contributed by atoms with Crippen LogP contribution in [0.15, 0.2) is 59.5 Å². The SMILES string of the molecule is CO[C@H](c1ccccc1)[C@H]1CSc2ccccc2C1=O. The van der Waals surface area contributed by atoms with Crippen LogP contribution in [0.1, 0.15) is 22.0 Å². The van der Waals surface area contributed by atoms with Gasteiger partial charge in [0.1, 0.15) is 0 Å². The molecule has 0 fully saturated rings. The summed E-state index contributed by atoms with van der Waals surface area (Å²) in [6.07, 6.45) is -0.176. The van der Waals surface area contributed by atoms with Crippen molar-refractivity contribution in [2.45, 2.75) is 11.0 Å². The minimum atomic E-state index is -0.176. The highest BCUT2D eigenvalue weighted by atomic mass is 32.2. The van der Waals surface area contributed by atoms with E-state index >= 15 is 0 Å². The number of carbonyl (C=O) groups excluding carboxylic acids is 1. The summed E-state index contributed by atoms with van der Waals surface area (Å²) >= 11 is 1.74. The van der Waals surface area contributed by atoms with Crippen molar-refractivity contribution in [3.63, 3.8) is 0 Å². The number of Topliss-reactive ketones (excluding diaryl/α,β-unsaturated/α-hetero) is 1. The molecule has 3 rings (SSSR count). The van der Waals surface area contributed by atoms with Crippen LogP contribution in [-0.4, -0.2) is 18.6 Å². The third-order valence-corrected chi connectivity index (χ3v) is 4.85. The van der Waals surface area contributed by atoms with E-state index in [0.29, 0.717) is 0 Å². The van der Waals surface area contributed by atoms with Crippen molar-refractivity contribution in [3.05, 3.63) is 65.7 Å². The van der Waals surface area contributed by atoms with Crippen LogP contribution in [0.25, 0.3) is 0 Å². The van der Waals surface area contributed by atoms with E-state index in [1.165, 1.54) is 0 Å². The lowest BCUT2D eigenvalue weighted by Gasteiger charge is -2.29. The molecule has 20 heavy (non-hydrogen) atoms. The van der Waals surface area contributed by atoms with E-state index in [1.807, 2.05) is 54.6 Å². The van der Waals surface area contributed by atoms with Crippen LogP contribution in [0, 0.1) is 5.92 Å². The molecular formula is C17H16O2S. The van der Waals surface area contributed by atoms with E-state index in [2.05, 4.69) is 0 Å². The molecule has 0 saturated carbocycles. The van der Waals surface area contributed by atoms with Gasteiger partial charge in [0.15, 0.2) is 5.78 Å². The molecule has 0 saturated heterocycles. The van der Waals surface area contributed by atoms with Gasteiger partial charge in [-0.15, -0.1) is 11.8 Å². The Morgan fingerprint density at radius 3 is 2.55 bits per heavy atom. The summed E-state index contributed by atoms with van der Waals surface area (Å²) in [5.41, 5.74) is 1.89. The molecule has 1 aliphatic rings. The van der Waals surface area contributed by atoms with Gasteiger partial charge < -0.3 is 4.74 Å². The lowest BCUT2D eigenvalue weighted by molar-refractivity contribution is 0.0484. The van der Waals surface area contributed by atoms with Gasteiger partial charge in [-0.2, -0.15) is 0 Å². The summed E-state index contributed by atoms with van der Waals surface area (Å²) in [5, 5.41) is 0. The van der Waals surface area contributed by atoms with Crippen molar-refractivity contribution in [3.8, 4) is 0 Å². The maximum absolute atomic E-state index is 12.7. The number of hydrogen-bond donors (Lipinski definition) is 0. The van der Waals surface area contributed by atoms with Gasteiger partial charge in [-0.25, -0.2) is 0 Å². The Kier molecular flexibility index (Phi) is 3.90. The van der Waals surface area contributed by atoms with Gasteiger partial charge in [-0.05, 0) is 11.6 Å². The second kappa shape index (κ2) is 5.81. The zero-order valence-corrected chi connectivity index (χ0v) is 12.1. The van der Waals surface area contributed by atoms with Gasteiger partial charge in [0.25, 0.3) is 0 Å². The first-order chi connectivity index (χ1) is 9.81. The maximum Gasteiger partial charge on any atom is 0.170 e. The Labute approximate surface area is 123 Å². The fraction of sp³-hybridized carbons (Fsp3) is 0.235. The van der Waals surface area contributed by atoms with E-state index < -0.39 is 0 Å². The average Bonchev–Trinajstić information content (AvgIpc) is 2.51. The molecule has 2 atom stereocenters.